The highest BCUT2D eigenvalue weighted by Gasteiger charge is 2.30. The van der Waals surface area contributed by atoms with Crippen molar-refractivity contribution in [1.82, 2.24) is 8.61 Å². The molecular formula is C12H28N2O4S. The molecule has 0 unspecified atom stereocenters. The van der Waals surface area contributed by atoms with E-state index in [0.29, 0.717) is 26.1 Å². The van der Waals surface area contributed by atoms with E-state index < -0.39 is 10.2 Å². The van der Waals surface area contributed by atoms with Gasteiger partial charge in [0.25, 0.3) is 10.2 Å². The smallest absolute Gasteiger partial charge is 0.282 e. The van der Waals surface area contributed by atoms with Crippen LogP contribution in [0, 0.1) is 0 Å². The Morgan fingerprint density at radius 3 is 2.21 bits per heavy atom. The van der Waals surface area contributed by atoms with Crippen molar-refractivity contribution in [2.75, 3.05) is 40.5 Å². The summed E-state index contributed by atoms with van der Waals surface area (Å²) < 4.78 is 32.8. The molecule has 1 N–H and O–H groups in total. The maximum atomic E-state index is 12.5. The zero-order valence-electron chi connectivity index (χ0n) is 12.5. The first-order chi connectivity index (χ1) is 8.95. The van der Waals surface area contributed by atoms with Crippen molar-refractivity contribution in [2.24, 2.45) is 0 Å². The molecule has 0 amide bonds. The molecule has 0 aromatic heterocycles. The number of hydrogen-bond donors (Lipinski definition) is 1. The van der Waals surface area contributed by atoms with E-state index in [4.69, 9.17) is 9.84 Å². The van der Waals surface area contributed by atoms with Crippen LogP contribution in [0.15, 0.2) is 0 Å². The monoisotopic (exact) mass is 296 g/mol. The topological polar surface area (TPSA) is 70.1 Å². The summed E-state index contributed by atoms with van der Waals surface area (Å²) >= 11 is 0. The highest BCUT2D eigenvalue weighted by Crippen LogP contribution is 2.16. The molecule has 0 heterocycles. The van der Waals surface area contributed by atoms with Crippen molar-refractivity contribution in [2.45, 2.75) is 39.2 Å². The number of aliphatic hydroxyl groups is 1. The summed E-state index contributed by atoms with van der Waals surface area (Å²) in [7, 11) is -0.382. The van der Waals surface area contributed by atoms with Crippen LogP contribution in [-0.2, 0) is 14.9 Å². The van der Waals surface area contributed by atoms with Gasteiger partial charge in [-0.05, 0) is 19.3 Å². The van der Waals surface area contributed by atoms with Crippen LogP contribution in [0.4, 0.5) is 0 Å². The summed E-state index contributed by atoms with van der Waals surface area (Å²) in [5.74, 6) is 0. The van der Waals surface area contributed by atoms with Gasteiger partial charge in [-0.2, -0.15) is 17.0 Å². The van der Waals surface area contributed by atoms with Gasteiger partial charge in [0.2, 0.25) is 0 Å². The normalized spacial score (nSPS) is 12.8. The van der Waals surface area contributed by atoms with Crippen LogP contribution in [0.2, 0.25) is 0 Å². The largest absolute Gasteiger partial charge is 0.396 e. The van der Waals surface area contributed by atoms with Gasteiger partial charge in [-0.3, -0.25) is 0 Å². The number of ether oxygens (including phenoxy) is 1. The second kappa shape index (κ2) is 9.66. The molecule has 0 aromatic rings. The van der Waals surface area contributed by atoms with Gasteiger partial charge < -0.3 is 9.84 Å². The molecule has 0 radical (unpaired) electrons. The van der Waals surface area contributed by atoms with Gasteiger partial charge in [-0.1, -0.05) is 13.8 Å². The van der Waals surface area contributed by atoms with Crippen molar-refractivity contribution in [3.63, 3.8) is 0 Å². The van der Waals surface area contributed by atoms with Gasteiger partial charge in [0.1, 0.15) is 0 Å². The summed E-state index contributed by atoms with van der Waals surface area (Å²) in [6.07, 6.45) is 1.98. The third-order valence-corrected chi connectivity index (χ3v) is 5.23. The van der Waals surface area contributed by atoms with E-state index in [9.17, 15) is 8.42 Å². The van der Waals surface area contributed by atoms with Gasteiger partial charge in [-0.25, -0.2) is 0 Å². The van der Waals surface area contributed by atoms with Crippen molar-refractivity contribution >= 4 is 10.2 Å². The third kappa shape index (κ3) is 5.74. The van der Waals surface area contributed by atoms with Crippen molar-refractivity contribution < 1.29 is 18.3 Å². The van der Waals surface area contributed by atoms with Crippen LogP contribution in [0.3, 0.4) is 0 Å². The lowest BCUT2D eigenvalue weighted by molar-refractivity contribution is 0.159. The molecule has 0 aromatic carbocycles. The Morgan fingerprint density at radius 1 is 1.21 bits per heavy atom. The number of rotatable bonds is 11. The molecule has 0 saturated carbocycles. The van der Waals surface area contributed by atoms with Gasteiger partial charge in [-0.15, -0.1) is 0 Å². The molecule has 0 aliphatic heterocycles. The maximum absolute atomic E-state index is 12.5. The minimum Gasteiger partial charge on any atom is -0.396 e. The van der Waals surface area contributed by atoms with E-state index in [1.807, 2.05) is 13.8 Å². The number of aliphatic hydroxyl groups excluding tert-OH is 1. The summed E-state index contributed by atoms with van der Waals surface area (Å²) in [6.45, 7) is 5.01. The van der Waals surface area contributed by atoms with Crippen molar-refractivity contribution in [3.05, 3.63) is 0 Å². The van der Waals surface area contributed by atoms with Gasteiger partial charge in [0.05, 0.1) is 6.61 Å². The highest BCUT2D eigenvalue weighted by atomic mass is 32.2. The van der Waals surface area contributed by atoms with Crippen LogP contribution in [0.5, 0.6) is 0 Å². The van der Waals surface area contributed by atoms with Crippen molar-refractivity contribution in [1.29, 1.82) is 0 Å². The maximum Gasteiger partial charge on any atom is 0.282 e. The van der Waals surface area contributed by atoms with Crippen LogP contribution >= 0.6 is 0 Å². The van der Waals surface area contributed by atoms with E-state index in [1.54, 1.807) is 14.2 Å². The summed E-state index contributed by atoms with van der Waals surface area (Å²) in [4.78, 5) is 0. The molecule has 7 heteroatoms. The summed E-state index contributed by atoms with van der Waals surface area (Å²) in [5.41, 5.74) is 0. The van der Waals surface area contributed by atoms with E-state index in [-0.39, 0.29) is 12.6 Å². The molecule has 6 nitrogen and oxygen atoms in total. The lowest BCUT2D eigenvalue weighted by Gasteiger charge is -2.32. The SMILES string of the molecule is CCC(CC)N(CCOC)S(=O)(=O)N(C)CCCO. The molecular weight excluding hydrogens is 268 g/mol. The zero-order chi connectivity index (χ0) is 14.9. The average molecular weight is 296 g/mol. The number of methoxy groups -OCH3 is 1. The third-order valence-electron chi connectivity index (χ3n) is 3.19. The van der Waals surface area contributed by atoms with Crippen LogP contribution in [0.1, 0.15) is 33.1 Å². The zero-order valence-corrected chi connectivity index (χ0v) is 13.3. The van der Waals surface area contributed by atoms with Gasteiger partial charge in [0, 0.05) is 39.9 Å². The second-order valence-corrected chi connectivity index (χ2v) is 6.47. The highest BCUT2D eigenvalue weighted by molar-refractivity contribution is 7.86. The van der Waals surface area contributed by atoms with Crippen LogP contribution < -0.4 is 0 Å². The first-order valence-electron chi connectivity index (χ1n) is 6.78. The molecule has 0 spiro atoms. The van der Waals surface area contributed by atoms with E-state index >= 15 is 0 Å². The lowest BCUT2D eigenvalue weighted by atomic mass is 10.2. The Hall–Kier alpha value is -0.210. The summed E-state index contributed by atoms with van der Waals surface area (Å²) in [5, 5.41) is 8.81. The first kappa shape index (κ1) is 18.8. The molecule has 0 rings (SSSR count). The fraction of sp³-hybridized carbons (Fsp3) is 1.00. The Labute approximate surface area is 117 Å². The van der Waals surface area contributed by atoms with E-state index in [2.05, 4.69) is 0 Å². The predicted octanol–water partition coefficient (Wildman–Crippen LogP) is 0.682. The Bertz CT molecular complexity index is 318. The Morgan fingerprint density at radius 2 is 1.79 bits per heavy atom. The Balaban J connectivity index is 4.98. The Kier molecular flexibility index (Phi) is 9.55. The quantitative estimate of drug-likeness (QED) is 0.609. The minimum atomic E-state index is -3.49. The molecule has 19 heavy (non-hydrogen) atoms. The van der Waals surface area contributed by atoms with Gasteiger partial charge >= 0.3 is 0 Å². The van der Waals surface area contributed by atoms with Crippen LogP contribution in [-0.4, -0.2) is 68.6 Å². The van der Waals surface area contributed by atoms with Crippen LogP contribution in [0.25, 0.3) is 0 Å². The molecule has 116 valence electrons. The lowest BCUT2D eigenvalue weighted by Crippen LogP contribution is -2.48. The second-order valence-electron chi connectivity index (χ2n) is 4.48. The molecule has 0 atom stereocenters. The fourth-order valence-electron chi connectivity index (χ4n) is 1.95. The summed E-state index contributed by atoms with van der Waals surface area (Å²) in [6, 6.07) is -0.0169. The number of hydrogen-bond acceptors (Lipinski definition) is 4. The van der Waals surface area contributed by atoms with E-state index in [1.165, 1.54) is 8.61 Å². The first-order valence-corrected chi connectivity index (χ1v) is 8.18. The minimum absolute atomic E-state index is 0.0110. The average Bonchev–Trinajstić information content (AvgIpc) is 2.40. The molecule has 0 aliphatic rings. The molecule has 0 bridgehead atoms. The standard InChI is InChI=1S/C12H28N2O4S/c1-5-12(6-2)14(9-11-18-4)19(16,17)13(3)8-7-10-15/h12,15H,5-11H2,1-4H3. The fourth-order valence-corrected chi connectivity index (χ4v) is 3.65. The van der Waals surface area contributed by atoms with Crippen molar-refractivity contribution in [3.8, 4) is 0 Å². The molecule has 0 saturated heterocycles. The predicted molar refractivity (Wildman–Crippen MR) is 76.2 cm³/mol. The number of nitrogens with zero attached hydrogens (tertiary/aromatic N) is 2. The van der Waals surface area contributed by atoms with E-state index in [0.717, 1.165) is 12.8 Å². The molecule has 0 fully saturated rings. The van der Waals surface area contributed by atoms with Gasteiger partial charge in [0.15, 0.2) is 0 Å². The molecule has 0 aliphatic carbocycles.